The normalized spacial score (nSPS) is 11.0. The standard InChI is InChI=1S/C22H26N2O3S/c1-2-14-24(22-23-18-11-5-6-12-19(18)27-22)15-8-3-9-16-28-20-13-7-4-10-17(20)21(25)26/h4-7,10-13H,2-3,8-9,14-16H2,1H3,(H,25,26). The van der Waals surface area contributed by atoms with E-state index in [1.54, 1.807) is 23.9 Å². The van der Waals surface area contributed by atoms with E-state index in [9.17, 15) is 9.90 Å². The molecule has 0 radical (unpaired) electrons. The number of rotatable bonds is 11. The zero-order valence-corrected chi connectivity index (χ0v) is 17.0. The summed E-state index contributed by atoms with van der Waals surface area (Å²) < 4.78 is 5.91. The summed E-state index contributed by atoms with van der Waals surface area (Å²) in [4.78, 5) is 18.9. The smallest absolute Gasteiger partial charge is 0.336 e. The number of carboxylic acids is 1. The van der Waals surface area contributed by atoms with Crippen molar-refractivity contribution in [1.29, 1.82) is 0 Å². The first-order chi connectivity index (χ1) is 13.7. The number of hydrogen-bond acceptors (Lipinski definition) is 5. The molecular formula is C22H26N2O3S. The molecule has 0 saturated heterocycles. The number of unbranched alkanes of at least 4 members (excludes halogenated alkanes) is 2. The molecule has 1 aromatic heterocycles. The van der Waals surface area contributed by atoms with Gasteiger partial charge in [-0.15, -0.1) is 11.8 Å². The maximum Gasteiger partial charge on any atom is 0.336 e. The number of para-hydroxylation sites is 2. The number of fused-ring (bicyclic) bond motifs is 1. The third-order valence-electron chi connectivity index (χ3n) is 4.49. The van der Waals surface area contributed by atoms with Crippen LogP contribution in [0.3, 0.4) is 0 Å². The lowest BCUT2D eigenvalue weighted by Crippen LogP contribution is -2.25. The van der Waals surface area contributed by atoms with Gasteiger partial charge in [0, 0.05) is 18.0 Å². The van der Waals surface area contributed by atoms with Crippen LogP contribution in [-0.4, -0.2) is 34.9 Å². The third-order valence-corrected chi connectivity index (χ3v) is 5.65. The average Bonchev–Trinajstić information content (AvgIpc) is 3.14. The van der Waals surface area contributed by atoms with Gasteiger partial charge in [0.1, 0.15) is 5.52 Å². The van der Waals surface area contributed by atoms with Crippen LogP contribution >= 0.6 is 11.8 Å². The lowest BCUT2D eigenvalue weighted by Gasteiger charge is -2.19. The molecule has 0 amide bonds. The zero-order valence-electron chi connectivity index (χ0n) is 16.1. The van der Waals surface area contributed by atoms with Gasteiger partial charge in [0.05, 0.1) is 5.56 Å². The number of aromatic nitrogens is 1. The van der Waals surface area contributed by atoms with Gasteiger partial charge >= 0.3 is 5.97 Å². The number of thioether (sulfide) groups is 1. The quantitative estimate of drug-likeness (QED) is 0.330. The summed E-state index contributed by atoms with van der Waals surface area (Å²) in [5.74, 6) is 0.0534. The van der Waals surface area contributed by atoms with E-state index < -0.39 is 5.97 Å². The molecule has 3 aromatic rings. The van der Waals surface area contributed by atoms with E-state index in [0.717, 1.165) is 60.5 Å². The fraction of sp³-hybridized carbons (Fsp3) is 0.364. The van der Waals surface area contributed by atoms with E-state index in [2.05, 4.69) is 16.8 Å². The molecule has 1 heterocycles. The van der Waals surface area contributed by atoms with Gasteiger partial charge in [-0.2, -0.15) is 4.98 Å². The van der Waals surface area contributed by atoms with E-state index in [0.29, 0.717) is 11.6 Å². The van der Waals surface area contributed by atoms with Crippen LogP contribution in [0.25, 0.3) is 11.1 Å². The summed E-state index contributed by atoms with van der Waals surface area (Å²) >= 11 is 1.62. The number of aromatic carboxylic acids is 1. The molecule has 0 aliphatic heterocycles. The van der Waals surface area contributed by atoms with Crippen molar-refractivity contribution in [2.45, 2.75) is 37.5 Å². The predicted octanol–water partition coefficient (Wildman–Crippen LogP) is 5.71. The van der Waals surface area contributed by atoms with Crippen molar-refractivity contribution >= 4 is 34.8 Å². The summed E-state index contributed by atoms with van der Waals surface area (Å²) in [6.07, 6.45) is 4.23. The van der Waals surface area contributed by atoms with Gasteiger partial charge in [-0.05, 0) is 49.3 Å². The number of benzene rings is 2. The first kappa shape index (κ1) is 20.3. The number of nitrogens with zero attached hydrogens (tertiary/aromatic N) is 2. The van der Waals surface area contributed by atoms with Crippen molar-refractivity contribution < 1.29 is 14.3 Å². The maximum absolute atomic E-state index is 11.3. The fourth-order valence-corrected chi connectivity index (χ4v) is 4.16. The summed E-state index contributed by atoms with van der Waals surface area (Å²) in [5.41, 5.74) is 2.11. The molecule has 1 N–H and O–H groups in total. The molecule has 0 aliphatic rings. The van der Waals surface area contributed by atoms with Crippen LogP contribution in [0.15, 0.2) is 57.8 Å². The Bertz CT molecular complexity index is 876. The molecular weight excluding hydrogens is 372 g/mol. The second kappa shape index (κ2) is 10.2. The largest absolute Gasteiger partial charge is 0.478 e. The second-order valence-electron chi connectivity index (χ2n) is 6.66. The highest BCUT2D eigenvalue weighted by Gasteiger charge is 2.13. The van der Waals surface area contributed by atoms with E-state index in [-0.39, 0.29) is 0 Å². The fourth-order valence-electron chi connectivity index (χ4n) is 3.10. The van der Waals surface area contributed by atoms with Gasteiger partial charge in [-0.25, -0.2) is 4.79 Å². The Kier molecular flexibility index (Phi) is 7.37. The van der Waals surface area contributed by atoms with Crippen LogP contribution in [0, 0.1) is 0 Å². The molecule has 6 heteroatoms. The third kappa shape index (κ3) is 5.29. The number of carbonyl (C=O) groups is 1. The second-order valence-corrected chi connectivity index (χ2v) is 7.80. The number of carboxylic acid groups (broad SMARTS) is 1. The Hall–Kier alpha value is -2.47. The molecule has 0 spiro atoms. The van der Waals surface area contributed by atoms with Gasteiger partial charge < -0.3 is 14.4 Å². The van der Waals surface area contributed by atoms with Crippen LogP contribution in [-0.2, 0) is 0 Å². The highest BCUT2D eigenvalue weighted by Crippen LogP contribution is 2.25. The van der Waals surface area contributed by atoms with Gasteiger partial charge in [0.25, 0.3) is 6.01 Å². The van der Waals surface area contributed by atoms with Gasteiger partial charge in [-0.3, -0.25) is 0 Å². The topological polar surface area (TPSA) is 66.6 Å². The summed E-state index contributed by atoms with van der Waals surface area (Å²) in [6.45, 7) is 4.00. The van der Waals surface area contributed by atoms with Gasteiger partial charge in [-0.1, -0.05) is 37.6 Å². The van der Waals surface area contributed by atoms with Crippen molar-refractivity contribution in [2.75, 3.05) is 23.7 Å². The molecule has 0 aliphatic carbocycles. The number of hydrogen-bond donors (Lipinski definition) is 1. The summed E-state index contributed by atoms with van der Waals surface area (Å²) in [5, 5.41) is 9.25. The Labute approximate surface area is 169 Å². The van der Waals surface area contributed by atoms with Crippen molar-refractivity contribution in [2.24, 2.45) is 0 Å². The minimum absolute atomic E-state index is 0.387. The summed E-state index contributed by atoms with van der Waals surface area (Å²) in [7, 11) is 0. The van der Waals surface area contributed by atoms with Crippen LogP contribution < -0.4 is 4.90 Å². The van der Waals surface area contributed by atoms with Crippen molar-refractivity contribution in [3.63, 3.8) is 0 Å². The SMILES string of the molecule is CCCN(CCCCCSc1ccccc1C(=O)O)c1nc2ccccc2o1. The van der Waals surface area contributed by atoms with E-state index in [1.807, 2.05) is 36.4 Å². The average molecular weight is 399 g/mol. The van der Waals surface area contributed by atoms with Crippen LogP contribution in [0.2, 0.25) is 0 Å². The molecule has 0 saturated carbocycles. The highest BCUT2D eigenvalue weighted by molar-refractivity contribution is 7.99. The molecule has 28 heavy (non-hydrogen) atoms. The Balaban J connectivity index is 1.46. The molecule has 0 atom stereocenters. The molecule has 3 rings (SSSR count). The Morgan fingerprint density at radius 2 is 1.86 bits per heavy atom. The van der Waals surface area contributed by atoms with Crippen molar-refractivity contribution in [3.05, 3.63) is 54.1 Å². The Morgan fingerprint density at radius 3 is 2.64 bits per heavy atom. The van der Waals surface area contributed by atoms with Crippen LogP contribution in [0.1, 0.15) is 43.0 Å². The van der Waals surface area contributed by atoms with Crippen LogP contribution in [0.4, 0.5) is 6.01 Å². The predicted molar refractivity (Wildman–Crippen MR) is 114 cm³/mol. The number of anilines is 1. The number of oxazole rings is 1. The summed E-state index contributed by atoms with van der Waals surface area (Å²) in [6, 6.07) is 15.7. The monoisotopic (exact) mass is 398 g/mol. The van der Waals surface area contributed by atoms with E-state index >= 15 is 0 Å². The highest BCUT2D eigenvalue weighted by atomic mass is 32.2. The van der Waals surface area contributed by atoms with E-state index in [4.69, 9.17) is 4.42 Å². The first-order valence-electron chi connectivity index (χ1n) is 9.74. The van der Waals surface area contributed by atoms with Crippen molar-refractivity contribution in [1.82, 2.24) is 4.98 Å². The minimum Gasteiger partial charge on any atom is -0.478 e. The zero-order chi connectivity index (χ0) is 19.8. The molecule has 0 unspecified atom stereocenters. The molecule has 0 bridgehead atoms. The van der Waals surface area contributed by atoms with Gasteiger partial charge in [0.15, 0.2) is 5.58 Å². The molecule has 2 aromatic carbocycles. The van der Waals surface area contributed by atoms with Crippen LogP contribution in [0.5, 0.6) is 0 Å². The lowest BCUT2D eigenvalue weighted by atomic mass is 10.2. The maximum atomic E-state index is 11.3. The van der Waals surface area contributed by atoms with Gasteiger partial charge in [0.2, 0.25) is 0 Å². The molecule has 148 valence electrons. The Morgan fingerprint density at radius 1 is 1.07 bits per heavy atom. The molecule has 5 nitrogen and oxygen atoms in total. The van der Waals surface area contributed by atoms with Crippen molar-refractivity contribution in [3.8, 4) is 0 Å². The first-order valence-corrected chi connectivity index (χ1v) is 10.7. The lowest BCUT2D eigenvalue weighted by molar-refractivity contribution is 0.0693. The molecule has 0 fully saturated rings. The minimum atomic E-state index is -0.864. The van der Waals surface area contributed by atoms with E-state index in [1.165, 1.54) is 0 Å².